The van der Waals surface area contributed by atoms with Gasteiger partial charge in [-0.3, -0.25) is 0 Å². The van der Waals surface area contributed by atoms with Crippen LogP contribution >= 0.6 is 0 Å². The number of aryl methyl sites for hydroxylation is 1. The van der Waals surface area contributed by atoms with Crippen molar-refractivity contribution in [2.24, 2.45) is 0 Å². The summed E-state index contributed by atoms with van der Waals surface area (Å²) in [6.07, 6.45) is 0. The van der Waals surface area contributed by atoms with Crippen molar-refractivity contribution in [3.05, 3.63) is 35.2 Å². The highest BCUT2D eigenvalue weighted by Gasteiger charge is 2.15. The Labute approximate surface area is 109 Å². The number of hydrogen-bond acceptors (Lipinski definition) is 6. The molecule has 102 valence electrons. The Bertz CT molecular complexity index is 654. The molecule has 1 heterocycles. The number of sulfonamides is 1. The van der Waals surface area contributed by atoms with Crippen LogP contribution in [-0.2, 0) is 23.2 Å². The van der Waals surface area contributed by atoms with Gasteiger partial charge in [-0.2, -0.15) is 5.21 Å². The van der Waals surface area contributed by atoms with E-state index < -0.39 is 10.0 Å². The molecule has 0 atom stereocenters. The van der Waals surface area contributed by atoms with Gasteiger partial charge in [0.15, 0.2) is 5.82 Å². The lowest BCUT2D eigenvalue weighted by Gasteiger charge is -2.08. The van der Waals surface area contributed by atoms with E-state index in [9.17, 15) is 8.42 Å². The Morgan fingerprint density at radius 2 is 2.21 bits per heavy atom. The standard InChI is InChI=1S/C10H13N5O3S/c1-7-2-3-9(4-8(7)6-16)19(17,18)11-5-10-12-14-15-13-10/h2-4,11,16H,5-6H2,1H3,(H,12,13,14,15). The SMILES string of the molecule is Cc1ccc(S(=O)(=O)NCc2nn[nH]n2)cc1CO. The van der Waals surface area contributed by atoms with E-state index in [0.717, 1.165) is 5.56 Å². The van der Waals surface area contributed by atoms with Crippen molar-refractivity contribution >= 4 is 10.0 Å². The summed E-state index contributed by atoms with van der Waals surface area (Å²) in [6, 6.07) is 4.56. The molecule has 0 unspecified atom stereocenters. The third kappa shape index (κ3) is 3.13. The Hall–Kier alpha value is -1.84. The Morgan fingerprint density at radius 3 is 2.84 bits per heavy atom. The van der Waals surface area contributed by atoms with E-state index in [1.54, 1.807) is 13.0 Å². The molecule has 0 aliphatic carbocycles. The Morgan fingerprint density at radius 1 is 1.42 bits per heavy atom. The molecule has 2 rings (SSSR count). The second kappa shape index (κ2) is 5.43. The maximum absolute atomic E-state index is 12.0. The van der Waals surface area contributed by atoms with Gasteiger partial charge in [-0.05, 0) is 30.2 Å². The summed E-state index contributed by atoms with van der Waals surface area (Å²) in [5.41, 5.74) is 1.40. The monoisotopic (exact) mass is 283 g/mol. The molecule has 8 nitrogen and oxygen atoms in total. The first-order valence-corrected chi connectivity index (χ1v) is 6.93. The summed E-state index contributed by atoms with van der Waals surface area (Å²) in [4.78, 5) is 0.0886. The maximum atomic E-state index is 12.0. The smallest absolute Gasteiger partial charge is 0.240 e. The van der Waals surface area contributed by atoms with Gasteiger partial charge in [-0.1, -0.05) is 11.3 Å². The largest absolute Gasteiger partial charge is 0.392 e. The third-order valence-electron chi connectivity index (χ3n) is 2.61. The van der Waals surface area contributed by atoms with Crippen LogP contribution in [-0.4, -0.2) is 34.1 Å². The van der Waals surface area contributed by atoms with Gasteiger partial charge in [0.1, 0.15) is 0 Å². The number of aliphatic hydroxyl groups is 1. The summed E-state index contributed by atoms with van der Waals surface area (Å²) in [5, 5.41) is 22.0. The van der Waals surface area contributed by atoms with Gasteiger partial charge in [0.2, 0.25) is 10.0 Å². The average molecular weight is 283 g/mol. The number of aromatic nitrogens is 4. The fraction of sp³-hybridized carbons (Fsp3) is 0.300. The molecule has 2 aromatic rings. The van der Waals surface area contributed by atoms with Crippen molar-refractivity contribution in [1.29, 1.82) is 0 Å². The molecule has 9 heteroatoms. The van der Waals surface area contributed by atoms with E-state index in [-0.39, 0.29) is 23.9 Å². The first kappa shape index (κ1) is 13.6. The van der Waals surface area contributed by atoms with Crippen molar-refractivity contribution in [2.75, 3.05) is 0 Å². The number of tetrazole rings is 1. The van der Waals surface area contributed by atoms with Crippen LogP contribution in [0.5, 0.6) is 0 Å². The fourth-order valence-electron chi connectivity index (χ4n) is 1.49. The third-order valence-corrected chi connectivity index (χ3v) is 4.01. The quantitative estimate of drug-likeness (QED) is 0.679. The molecule has 0 aliphatic rings. The van der Waals surface area contributed by atoms with E-state index in [2.05, 4.69) is 25.3 Å². The van der Waals surface area contributed by atoms with Gasteiger partial charge < -0.3 is 5.11 Å². The molecule has 1 aromatic carbocycles. The molecular weight excluding hydrogens is 270 g/mol. The van der Waals surface area contributed by atoms with E-state index in [1.807, 2.05) is 0 Å². The van der Waals surface area contributed by atoms with E-state index in [1.165, 1.54) is 12.1 Å². The van der Waals surface area contributed by atoms with Gasteiger partial charge in [0.25, 0.3) is 0 Å². The zero-order valence-corrected chi connectivity index (χ0v) is 11.0. The second-order valence-corrected chi connectivity index (χ2v) is 5.67. The number of nitrogens with zero attached hydrogens (tertiary/aromatic N) is 3. The lowest BCUT2D eigenvalue weighted by Crippen LogP contribution is -2.24. The molecule has 1 aromatic heterocycles. The topological polar surface area (TPSA) is 121 Å². The number of rotatable bonds is 5. The van der Waals surface area contributed by atoms with Crippen LogP contribution in [0.25, 0.3) is 0 Å². The minimum atomic E-state index is -3.67. The number of hydrogen-bond donors (Lipinski definition) is 3. The lowest BCUT2D eigenvalue weighted by molar-refractivity contribution is 0.280. The normalized spacial score (nSPS) is 11.7. The molecule has 0 saturated carbocycles. The number of aliphatic hydroxyl groups excluding tert-OH is 1. The van der Waals surface area contributed by atoms with Crippen LogP contribution in [0.3, 0.4) is 0 Å². The number of H-pyrrole nitrogens is 1. The van der Waals surface area contributed by atoms with Crippen molar-refractivity contribution in [3.63, 3.8) is 0 Å². The van der Waals surface area contributed by atoms with Crippen LogP contribution in [0.2, 0.25) is 0 Å². The highest BCUT2D eigenvalue weighted by atomic mass is 32.2. The van der Waals surface area contributed by atoms with Gasteiger partial charge in [0, 0.05) is 0 Å². The molecule has 3 N–H and O–H groups in total. The fourth-order valence-corrected chi connectivity index (χ4v) is 2.52. The summed E-state index contributed by atoms with van der Waals surface area (Å²) in [6.45, 7) is 1.54. The average Bonchev–Trinajstić information content (AvgIpc) is 2.90. The molecule has 0 fully saturated rings. The van der Waals surface area contributed by atoms with Crippen molar-refractivity contribution in [1.82, 2.24) is 25.3 Å². The van der Waals surface area contributed by atoms with Gasteiger partial charge in [0.05, 0.1) is 18.0 Å². The van der Waals surface area contributed by atoms with Crippen LogP contribution < -0.4 is 4.72 Å². The lowest BCUT2D eigenvalue weighted by atomic mass is 10.1. The Kier molecular flexibility index (Phi) is 3.88. The molecule has 19 heavy (non-hydrogen) atoms. The minimum Gasteiger partial charge on any atom is -0.392 e. The molecular formula is C10H13N5O3S. The summed E-state index contributed by atoms with van der Waals surface area (Å²) < 4.78 is 26.4. The van der Waals surface area contributed by atoms with Crippen molar-refractivity contribution < 1.29 is 13.5 Å². The maximum Gasteiger partial charge on any atom is 0.240 e. The molecule has 0 amide bonds. The van der Waals surface area contributed by atoms with E-state index in [0.29, 0.717) is 5.56 Å². The molecule has 0 spiro atoms. The first-order valence-electron chi connectivity index (χ1n) is 5.45. The zero-order valence-electron chi connectivity index (χ0n) is 10.2. The molecule has 0 aliphatic heterocycles. The van der Waals surface area contributed by atoms with Gasteiger partial charge >= 0.3 is 0 Å². The number of nitrogens with one attached hydrogen (secondary N) is 2. The number of aromatic amines is 1. The highest BCUT2D eigenvalue weighted by molar-refractivity contribution is 7.89. The van der Waals surface area contributed by atoms with Crippen molar-refractivity contribution in [3.8, 4) is 0 Å². The van der Waals surface area contributed by atoms with Gasteiger partial charge in [-0.25, -0.2) is 13.1 Å². The van der Waals surface area contributed by atoms with Crippen molar-refractivity contribution in [2.45, 2.75) is 25.0 Å². The second-order valence-electron chi connectivity index (χ2n) is 3.90. The van der Waals surface area contributed by atoms with Crippen LogP contribution in [0, 0.1) is 6.92 Å². The number of benzene rings is 1. The predicted molar refractivity (Wildman–Crippen MR) is 65.3 cm³/mol. The molecule has 0 saturated heterocycles. The predicted octanol–water partition coefficient (Wildman–Crippen LogP) is -0.521. The summed E-state index contributed by atoms with van der Waals surface area (Å²) >= 11 is 0. The molecule has 0 bridgehead atoms. The van der Waals surface area contributed by atoms with E-state index >= 15 is 0 Å². The first-order chi connectivity index (χ1) is 9.03. The summed E-state index contributed by atoms with van der Waals surface area (Å²) in [7, 11) is -3.67. The van der Waals surface area contributed by atoms with Crippen LogP contribution in [0.1, 0.15) is 17.0 Å². The van der Waals surface area contributed by atoms with Crippen LogP contribution in [0.4, 0.5) is 0 Å². The minimum absolute atomic E-state index is 0.0544. The molecule has 0 radical (unpaired) electrons. The zero-order chi connectivity index (χ0) is 13.9. The summed E-state index contributed by atoms with van der Waals surface area (Å²) in [5.74, 6) is 0.248. The highest BCUT2D eigenvalue weighted by Crippen LogP contribution is 2.15. The van der Waals surface area contributed by atoms with Gasteiger partial charge in [-0.15, -0.1) is 10.2 Å². The van der Waals surface area contributed by atoms with Crippen LogP contribution in [0.15, 0.2) is 23.1 Å². The van der Waals surface area contributed by atoms with E-state index in [4.69, 9.17) is 5.11 Å². The Balaban J connectivity index is 2.19.